The van der Waals surface area contributed by atoms with Crippen molar-refractivity contribution in [2.45, 2.75) is 19.9 Å². The summed E-state index contributed by atoms with van der Waals surface area (Å²) < 4.78 is 21.2. The molecular weight excluding hydrogens is 510 g/mol. The highest BCUT2D eigenvalue weighted by atomic mass is 79.9. The number of esters is 1. The second-order valence-electron chi connectivity index (χ2n) is 6.79. The van der Waals surface area contributed by atoms with Gasteiger partial charge in [0.25, 0.3) is 11.8 Å². The zero-order chi connectivity index (χ0) is 25.1. The lowest BCUT2D eigenvalue weighted by atomic mass is 10.2. The minimum atomic E-state index is -0.827. The lowest BCUT2D eigenvalue weighted by Crippen LogP contribution is -2.43. The van der Waals surface area contributed by atoms with Crippen molar-refractivity contribution in [3.8, 4) is 17.2 Å². The molecule has 2 aromatic rings. The molecule has 0 fully saturated rings. The van der Waals surface area contributed by atoms with Crippen molar-refractivity contribution in [1.82, 2.24) is 10.7 Å². The summed E-state index contributed by atoms with van der Waals surface area (Å²) in [5.74, 6) is -0.0888. The maximum Gasteiger partial charge on any atom is 0.343 e. The Kier molecular flexibility index (Phi) is 10.3. The number of amides is 2. The van der Waals surface area contributed by atoms with Crippen LogP contribution in [0.4, 0.5) is 0 Å². The van der Waals surface area contributed by atoms with E-state index in [1.54, 1.807) is 50.2 Å². The summed E-state index contributed by atoms with van der Waals surface area (Å²) in [6.07, 6.45) is 1.41. The number of halogens is 1. The van der Waals surface area contributed by atoms with Gasteiger partial charge >= 0.3 is 5.97 Å². The van der Waals surface area contributed by atoms with Crippen LogP contribution in [0.5, 0.6) is 17.2 Å². The number of carbonyl (C=O) groups excluding carboxylic acids is 3. The van der Waals surface area contributed by atoms with Crippen LogP contribution >= 0.6 is 15.9 Å². The largest absolute Gasteiger partial charge is 0.497 e. The van der Waals surface area contributed by atoms with Crippen LogP contribution in [-0.2, 0) is 14.3 Å². The molecule has 0 bridgehead atoms. The molecule has 1 atom stereocenters. The van der Waals surface area contributed by atoms with Gasteiger partial charge in [0.2, 0.25) is 0 Å². The van der Waals surface area contributed by atoms with Crippen LogP contribution in [0.15, 0.2) is 46.0 Å². The highest BCUT2D eigenvalue weighted by Gasteiger charge is 2.17. The fraction of sp³-hybridized carbons (Fsp3) is 0.304. The van der Waals surface area contributed by atoms with Crippen molar-refractivity contribution < 1.29 is 33.3 Å². The third-order valence-corrected chi connectivity index (χ3v) is 4.96. The Labute approximate surface area is 205 Å². The number of nitrogens with one attached hydrogen (secondary N) is 2. The number of ether oxygens (including phenoxy) is 4. The molecule has 182 valence electrons. The first-order valence-corrected chi connectivity index (χ1v) is 11.0. The molecule has 1 unspecified atom stereocenters. The van der Waals surface area contributed by atoms with Crippen molar-refractivity contribution in [3.63, 3.8) is 0 Å². The zero-order valence-electron chi connectivity index (χ0n) is 19.2. The van der Waals surface area contributed by atoms with Crippen molar-refractivity contribution in [3.05, 3.63) is 52.0 Å². The van der Waals surface area contributed by atoms with Gasteiger partial charge in [-0.15, -0.1) is 0 Å². The molecule has 2 amide bonds. The van der Waals surface area contributed by atoms with Crippen molar-refractivity contribution >= 4 is 39.9 Å². The lowest BCUT2D eigenvalue weighted by molar-refractivity contribution is -0.143. The average Bonchev–Trinajstić information content (AvgIpc) is 2.83. The maximum atomic E-state index is 12.3. The standard InChI is InChI=1S/C23H26BrN3O7/c1-5-33-19-11-15(10-18(24)21(19)34-13-20(28)32-4)12-25-27-22(29)14(2)26-23(30)16-6-8-17(31-3)9-7-16/h6-12,14H,5,13H2,1-4H3,(H,26,30)(H,27,29). The normalized spacial score (nSPS) is 11.4. The van der Waals surface area contributed by atoms with Crippen LogP contribution in [0.25, 0.3) is 0 Å². The van der Waals surface area contributed by atoms with Gasteiger partial charge in [0.15, 0.2) is 18.1 Å². The molecule has 2 rings (SSSR count). The Hall–Kier alpha value is -3.60. The Morgan fingerprint density at radius 3 is 2.44 bits per heavy atom. The molecule has 0 saturated heterocycles. The summed E-state index contributed by atoms with van der Waals surface area (Å²) in [5.41, 5.74) is 3.38. The summed E-state index contributed by atoms with van der Waals surface area (Å²) in [6, 6.07) is 9.01. The van der Waals surface area contributed by atoms with Gasteiger partial charge in [0, 0.05) is 5.56 Å². The molecule has 2 aromatic carbocycles. The molecule has 11 heteroatoms. The molecule has 0 saturated carbocycles. The van der Waals surface area contributed by atoms with Crippen molar-refractivity contribution in [1.29, 1.82) is 0 Å². The molecule has 2 N–H and O–H groups in total. The van der Waals surface area contributed by atoms with E-state index < -0.39 is 23.8 Å². The van der Waals surface area contributed by atoms with E-state index in [0.717, 1.165) is 0 Å². The molecule has 10 nitrogen and oxygen atoms in total. The van der Waals surface area contributed by atoms with E-state index in [-0.39, 0.29) is 6.61 Å². The van der Waals surface area contributed by atoms with Crippen LogP contribution in [0.3, 0.4) is 0 Å². The zero-order valence-corrected chi connectivity index (χ0v) is 20.8. The number of benzene rings is 2. The van der Waals surface area contributed by atoms with Gasteiger partial charge < -0.3 is 24.3 Å². The maximum absolute atomic E-state index is 12.3. The summed E-state index contributed by atoms with van der Waals surface area (Å²) in [7, 11) is 2.80. The van der Waals surface area contributed by atoms with E-state index in [1.807, 2.05) is 0 Å². The topological polar surface area (TPSA) is 125 Å². The van der Waals surface area contributed by atoms with Gasteiger partial charge in [-0.25, -0.2) is 10.2 Å². The van der Waals surface area contributed by atoms with Gasteiger partial charge in [0.05, 0.1) is 31.5 Å². The number of hydrogen-bond acceptors (Lipinski definition) is 8. The third kappa shape index (κ3) is 7.77. The Balaban J connectivity index is 2.00. The number of nitrogens with zero attached hydrogens (tertiary/aromatic N) is 1. The lowest BCUT2D eigenvalue weighted by Gasteiger charge is -2.14. The van der Waals surface area contributed by atoms with Crippen molar-refractivity contribution in [2.75, 3.05) is 27.4 Å². The molecule has 0 radical (unpaired) electrons. The average molecular weight is 536 g/mol. The van der Waals surface area contributed by atoms with E-state index in [1.165, 1.54) is 20.4 Å². The van der Waals surface area contributed by atoms with Crippen LogP contribution in [0, 0.1) is 0 Å². The first-order chi connectivity index (χ1) is 16.3. The highest BCUT2D eigenvalue weighted by molar-refractivity contribution is 9.10. The fourth-order valence-electron chi connectivity index (χ4n) is 2.61. The van der Waals surface area contributed by atoms with Crippen molar-refractivity contribution in [2.24, 2.45) is 5.10 Å². The van der Waals surface area contributed by atoms with Crippen LogP contribution < -0.4 is 25.0 Å². The van der Waals surface area contributed by atoms with Crippen LogP contribution in [0.2, 0.25) is 0 Å². The Morgan fingerprint density at radius 2 is 1.82 bits per heavy atom. The van der Waals surface area contributed by atoms with E-state index >= 15 is 0 Å². The number of carbonyl (C=O) groups is 3. The van der Waals surface area contributed by atoms with E-state index in [0.29, 0.717) is 39.5 Å². The predicted molar refractivity (Wildman–Crippen MR) is 128 cm³/mol. The summed E-state index contributed by atoms with van der Waals surface area (Å²) in [4.78, 5) is 36.0. The summed E-state index contributed by atoms with van der Waals surface area (Å²) >= 11 is 3.38. The molecular formula is C23H26BrN3O7. The SMILES string of the molecule is CCOc1cc(C=NNC(=O)C(C)NC(=O)c2ccc(OC)cc2)cc(Br)c1OCC(=O)OC. The van der Waals surface area contributed by atoms with E-state index in [9.17, 15) is 14.4 Å². The predicted octanol–water partition coefficient (Wildman–Crippen LogP) is 2.68. The molecule has 34 heavy (non-hydrogen) atoms. The number of hydrogen-bond donors (Lipinski definition) is 2. The van der Waals surface area contributed by atoms with E-state index in [2.05, 4.69) is 36.5 Å². The molecule has 0 spiro atoms. The number of hydrazone groups is 1. The molecule has 0 aliphatic rings. The van der Waals surface area contributed by atoms with Gasteiger partial charge in [-0.05, 0) is 71.7 Å². The fourth-order valence-corrected chi connectivity index (χ4v) is 3.18. The quantitative estimate of drug-likeness (QED) is 0.257. The summed E-state index contributed by atoms with van der Waals surface area (Å²) in [5, 5.41) is 6.55. The van der Waals surface area contributed by atoms with Gasteiger partial charge in [-0.2, -0.15) is 5.10 Å². The number of methoxy groups -OCH3 is 2. The second kappa shape index (κ2) is 13.2. The second-order valence-corrected chi connectivity index (χ2v) is 7.64. The van der Waals surface area contributed by atoms with E-state index in [4.69, 9.17) is 14.2 Å². The summed E-state index contributed by atoms with van der Waals surface area (Å²) in [6.45, 7) is 3.44. The smallest absolute Gasteiger partial charge is 0.343 e. The Morgan fingerprint density at radius 1 is 1.12 bits per heavy atom. The molecule has 0 aliphatic heterocycles. The minimum absolute atomic E-state index is 0.279. The molecule has 0 heterocycles. The third-order valence-electron chi connectivity index (χ3n) is 4.38. The van der Waals surface area contributed by atoms with Gasteiger partial charge in [-0.3, -0.25) is 9.59 Å². The Bertz CT molecular complexity index is 1040. The first-order valence-electron chi connectivity index (χ1n) is 10.2. The van der Waals surface area contributed by atoms with Gasteiger partial charge in [-0.1, -0.05) is 0 Å². The molecule has 0 aliphatic carbocycles. The van der Waals surface area contributed by atoms with Gasteiger partial charge in [0.1, 0.15) is 11.8 Å². The monoisotopic (exact) mass is 535 g/mol. The highest BCUT2D eigenvalue weighted by Crippen LogP contribution is 2.36. The van der Waals surface area contributed by atoms with Crippen LogP contribution in [0.1, 0.15) is 29.8 Å². The molecule has 0 aromatic heterocycles. The number of rotatable bonds is 11. The minimum Gasteiger partial charge on any atom is -0.497 e. The first kappa shape index (κ1) is 26.7. The van der Waals surface area contributed by atoms with Crippen LogP contribution in [-0.4, -0.2) is 57.5 Å².